The van der Waals surface area contributed by atoms with Gasteiger partial charge in [-0.3, -0.25) is 5.32 Å². The minimum Gasteiger partial charge on any atom is -0.394 e. The molecule has 32 heavy (non-hydrogen) atoms. The first kappa shape index (κ1) is 22.7. The van der Waals surface area contributed by atoms with Crippen molar-refractivity contribution in [1.29, 1.82) is 0 Å². The molecule has 11 heteroatoms. The number of pyridine rings is 1. The highest BCUT2D eigenvalue weighted by Gasteiger charge is 2.29. The number of amides is 2. The van der Waals surface area contributed by atoms with Crippen LogP contribution in [-0.4, -0.2) is 69.5 Å². The number of nitrogens with zero attached hydrogens (tertiary/aromatic N) is 4. The number of thiazole rings is 1. The van der Waals surface area contributed by atoms with Gasteiger partial charge >= 0.3 is 6.03 Å². The molecule has 0 bridgehead atoms. The lowest BCUT2D eigenvalue weighted by Crippen LogP contribution is -2.55. The fraction of sp³-hybridized carbons (Fsp3) is 0.381. The highest BCUT2D eigenvalue weighted by molar-refractivity contribution is 7.22. The number of urea groups is 1. The summed E-state index contributed by atoms with van der Waals surface area (Å²) in [5.74, 6) is 0.280. The SMILES string of the molecule is CC1CN(c2ncc(CC(O)CO)cc2Cl)CCN1C(=O)Nc1nc2ccc(F)cc2s1. The van der Waals surface area contributed by atoms with Crippen molar-refractivity contribution in [3.8, 4) is 0 Å². The Morgan fingerprint density at radius 1 is 1.41 bits per heavy atom. The third kappa shape index (κ3) is 4.93. The Kier molecular flexibility index (Phi) is 6.75. The molecule has 2 unspecified atom stereocenters. The molecule has 1 fully saturated rings. The molecule has 4 rings (SSSR count). The van der Waals surface area contributed by atoms with Crippen LogP contribution in [-0.2, 0) is 6.42 Å². The number of aromatic nitrogens is 2. The van der Waals surface area contributed by atoms with Gasteiger partial charge in [0.05, 0.1) is 28.0 Å². The summed E-state index contributed by atoms with van der Waals surface area (Å²) in [6, 6.07) is 5.70. The predicted molar refractivity (Wildman–Crippen MR) is 123 cm³/mol. The molecule has 0 spiro atoms. The normalized spacial score (nSPS) is 17.6. The Morgan fingerprint density at radius 2 is 2.22 bits per heavy atom. The number of benzene rings is 1. The average Bonchev–Trinajstić information content (AvgIpc) is 3.14. The van der Waals surface area contributed by atoms with Gasteiger partial charge in [0.25, 0.3) is 0 Å². The van der Waals surface area contributed by atoms with Gasteiger partial charge in [-0.1, -0.05) is 22.9 Å². The molecular weight excluding hydrogens is 457 g/mol. The van der Waals surface area contributed by atoms with E-state index in [9.17, 15) is 14.3 Å². The summed E-state index contributed by atoms with van der Waals surface area (Å²) in [6.07, 6.45) is 1.06. The molecule has 1 aromatic carbocycles. The minimum absolute atomic E-state index is 0.107. The molecule has 8 nitrogen and oxygen atoms in total. The fourth-order valence-corrected chi connectivity index (χ4v) is 4.91. The second-order valence-corrected chi connectivity index (χ2v) is 9.18. The summed E-state index contributed by atoms with van der Waals surface area (Å²) in [7, 11) is 0. The maximum Gasteiger partial charge on any atom is 0.324 e. The molecule has 2 amide bonds. The molecule has 1 saturated heterocycles. The Labute approximate surface area is 193 Å². The van der Waals surface area contributed by atoms with E-state index in [4.69, 9.17) is 16.7 Å². The maximum absolute atomic E-state index is 13.4. The van der Waals surface area contributed by atoms with E-state index in [-0.39, 0.29) is 30.9 Å². The van der Waals surface area contributed by atoms with Crippen molar-refractivity contribution < 1.29 is 19.4 Å². The van der Waals surface area contributed by atoms with Crippen LogP contribution in [0.1, 0.15) is 12.5 Å². The summed E-state index contributed by atoms with van der Waals surface area (Å²) >= 11 is 7.65. The van der Waals surface area contributed by atoms with Crippen molar-refractivity contribution in [2.45, 2.75) is 25.5 Å². The molecule has 170 valence electrons. The number of aliphatic hydroxyl groups excluding tert-OH is 2. The number of carbonyl (C=O) groups excluding carboxylic acids is 1. The van der Waals surface area contributed by atoms with E-state index in [1.54, 1.807) is 23.2 Å². The highest BCUT2D eigenvalue weighted by atomic mass is 35.5. The number of rotatable bonds is 5. The first-order valence-corrected chi connectivity index (χ1v) is 11.4. The van der Waals surface area contributed by atoms with Gasteiger partial charge in [0.1, 0.15) is 11.6 Å². The molecule has 3 N–H and O–H groups in total. The molecule has 1 aliphatic rings. The Balaban J connectivity index is 1.39. The molecule has 0 saturated carbocycles. The zero-order valence-corrected chi connectivity index (χ0v) is 18.9. The Bertz CT molecular complexity index is 1130. The van der Waals surface area contributed by atoms with Crippen LogP contribution in [0.2, 0.25) is 5.02 Å². The smallest absolute Gasteiger partial charge is 0.324 e. The number of anilines is 2. The maximum atomic E-state index is 13.4. The second kappa shape index (κ2) is 9.53. The van der Waals surface area contributed by atoms with Gasteiger partial charge in [-0.2, -0.15) is 0 Å². The number of halogens is 2. The number of piperazine rings is 1. The topological polar surface area (TPSA) is 102 Å². The zero-order valence-electron chi connectivity index (χ0n) is 17.3. The van der Waals surface area contributed by atoms with E-state index in [0.717, 1.165) is 5.56 Å². The third-order valence-corrected chi connectivity index (χ3v) is 6.52. The van der Waals surface area contributed by atoms with Gasteiger partial charge in [0.2, 0.25) is 0 Å². The van der Waals surface area contributed by atoms with Crippen LogP contribution in [0.5, 0.6) is 0 Å². The van der Waals surface area contributed by atoms with Crippen LogP contribution in [0.4, 0.5) is 20.1 Å². The van der Waals surface area contributed by atoms with Gasteiger partial charge in [-0.05, 0) is 36.8 Å². The lowest BCUT2D eigenvalue weighted by Gasteiger charge is -2.40. The van der Waals surface area contributed by atoms with Gasteiger partial charge < -0.3 is 20.0 Å². The van der Waals surface area contributed by atoms with Crippen LogP contribution in [0, 0.1) is 5.82 Å². The standard InChI is InChI=1S/C21H23ClFN5O3S/c1-12-10-27(19-16(22)7-13(9-24-19)6-15(30)11-29)4-5-28(12)21(31)26-20-25-17-3-2-14(23)8-18(17)32-20/h2-3,7-9,12,15,29-30H,4-6,10-11H2,1H3,(H,25,26,31). The van der Waals surface area contributed by atoms with Gasteiger partial charge in [-0.25, -0.2) is 19.2 Å². The lowest BCUT2D eigenvalue weighted by molar-refractivity contribution is 0.0954. The molecule has 3 aromatic rings. The van der Waals surface area contributed by atoms with Crippen molar-refractivity contribution in [2.75, 3.05) is 36.5 Å². The number of aliphatic hydroxyl groups is 2. The number of fused-ring (bicyclic) bond motifs is 1. The molecule has 0 radical (unpaired) electrons. The number of hydrogen-bond donors (Lipinski definition) is 3. The van der Waals surface area contributed by atoms with Crippen LogP contribution < -0.4 is 10.2 Å². The summed E-state index contributed by atoms with van der Waals surface area (Å²) in [5.41, 5.74) is 1.38. The number of carbonyl (C=O) groups is 1. The summed E-state index contributed by atoms with van der Waals surface area (Å²) in [6.45, 7) is 3.18. The van der Waals surface area contributed by atoms with Gasteiger partial charge in [0, 0.05) is 38.3 Å². The van der Waals surface area contributed by atoms with Crippen molar-refractivity contribution >= 4 is 50.1 Å². The molecule has 1 aliphatic heterocycles. The van der Waals surface area contributed by atoms with Crippen molar-refractivity contribution in [3.05, 3.63) is 46.9 Å². The second-order valence-electron chi connectivity index (χ2n) is 7.74. The molecule has 3 heterocycles. The predicted octanol–water partition coefficient (Wildman–Crippen LogP) is 3.12. The van der Waals surface area contributed by atoms with E-state index in [1.807, 2.05) is 11.8 Å². The first-order chi connectivity index (χ1) is 15.3. The van der Waals surface area contributed by atoms with Crippen LogP contribution >= 0.6 is 22.9 Å². The van der Waals surface area contributed by atoms with Crippen LogP contribution in [0.25, 0.3) is 10.2 Å². The number of nitrogens with one attached hydrogen (secondary N) is 1. The van der Waals surface area contributed by atoms with E-state index in [1.165, 1.54) is 23.5 Å². The minimum atomic E-state index is -0.852. The molecular formula is C21H23ClFN5O3S. The van der Waals surface area contributed by atoms with Crippen LogP contribution in [0.3, 0.4) is 0 Å². The van der Waals surface area contributed by atoms with E-state index < -0.39 is 6.10 Å². The van der Waals surface area contributed by atoms with Crippen LogP contribution in [0.15, 0.2) is 30.5 Å². The summed E-state index contributed by atoms with van der Waals surface area (Å²) in [5, 5.41) is 22.3. The molecule has 2 atom stereocenters. The highest BCUT2D eigenvalue weighted by Crippen LogP contribution is 2.29. The van der Waals surface area contributed by atoms with Gasteiger partial charge in [-0.15, -0.1) is 0 Å². The van der Waals surface area contributed by atoms with Crippen molar-refractivity contribution in [2.24, 2.45) is 0 Å². The van der Waals surface area contributed by atoms with Crippen molar-refractivity contribution in [3.63, 3.8) is 0 Å². The lowest BCUT2D eigenvalue weighted by atomic mass is 10.1. The van der Waals surface area contributed by atoms with E-state index >= 15 is 0 Å². The Morgan fingerprint density at radius 3 is 2.94 bits per heavy atom. The van der Waals surface area contributed by atoms with Crippen molar-refractivity contribution in [1.82, 2.24) is 14.9 Å². The molecule has 0 aliphatic carbocycles. The average molecular weight is 480 g/mol. The van der Waals surface area contributed by atoms with E-state index in [2.05, 4.69) is 15.3 Å². The van der Waals surface area contributed by atoms with Gasteiger partial charge in [0.15, 0.2) is 5.13 Å². The fourth-order valence-electron chi connectivity index (χ4n) is 3.72. The third-order valence-electron chi connectivity index (χ3n) is 5.31. The Hall–Kier alpha value is -2.53. The van der Waals surface area contributed by atoms with E-state index in [0.29, 0.717) is 45.8 Å². The summed E-state index contributed by atoms with van der Waals surface area (Å²) in [4.78, 5) is 25.3. The monoisotopic (exact) mass is 479 g/mol. The summed E-state index contributed by atoms with van der Waals surface area (Å²) < 4.78 is 14.1. The first-order valence-electron chi connectivity index (χ1n) is 10.2. The quantitative estimate of drug-likeness (QED) is 0.519. The zero-order chi connectivity index (χ0) is 22.8. The number of hydrogen-bond acceptors (Lipinski definition) is 7. The largest absolute Gasteiger partial charge is 0.394 e. The molecule has 2 aromatic heterocycles.